The number of benzene rings is 1. The Balaban J connectivity index is 1.68. The van der Waals surface area contributed by atoms with Crippen molar-refractivity contribution in [3.05, 3.63) is 34.6 Å². The highest BCUT2D eigenvalue weighted by Gasteiger charge is 2.47. The number of fused-ring (bicyclic) bond motifs is 1. The summed E-state index contributed by atoms with van der Waals surface area (Å²) in [5.74, 6) is 2.51. The van der Waals surface area contributed by atoms with Crippen molar-refractivity contribution in [2.24, 2.45) is 17.8 Å². The van der Waals surface area contributed by atoms with Crippen molar-refractivity contribution in [2.45, 2.75) is 45.1 Å². The van der Waals surface area contributed by atoms with E-state index in [1.807, 2.05) is 6.07 Å². The summed E-state index contributed by atoms with van der Waals surface area (Å²) in [6, 6.07) is 5.48. The molecule has 3 rings (SSSR count). The minimum Gasteiger partial charge on any atom is -0.313 e. The van der Waals surface area contributed by atoms with Crippen LogP contribution in [0, 0.1) is 23.6 Å². The quantitative estimate of drug-likeness (QED) is 0.818. The zero-order chi connectivity index (χ0) is 14.1. The van der Waals surface area contributed by atoms with E-state index in [1.54, 1.807) is 6.07 Å². The van der Waals surface area contributed by atoms with Crippen LogP contribution < -0.4 is 5.32 Å². The molecule has 0 amide bonds. The van der Waals surface area contributed by atoms with Gasteiger partial charge in [-0.1, -0.05) is 24.6 Å². The Morgan fingerprint density at radius 3 is 2.70 bits per heavy atom. The third-order valence-electron chi connectivity index (χ3n) is 4.96. The third kappa shape index (κ3) is 3.17. The molecule has 2 aliphatic rings. The first-order valence-corrected chi connectivity index (χ1v) is 8.22. The van der Waals surface area contributed by atoms with Gasteiger partial charge in [0.25, 0.3) is 0 Å². The number of rotatable bonds is 6. The van der Waals surface area contributed by atoms with E-state index in [1.165, 1.54) is 25.3 Å². The molecule has 1 nitrogen and oxygen atoms in total. The van der Waals surface area contributed by atoms with Gasteiger partial charge in [-0.3, -0.25) is 0 Å². The van der Waals surface area contributed by atoms with E-state index in [0.717, 1.165) is 42.7 Å². The van der Waals surface area contributed by atoms with E-state index in [4.69, 9.17) is 11.6 Å². The largest absolute Gasteiger partial charge is 0.313 e. The highest BCUT2D eigenvalue weighted by molar-refractivity contribution is 6.30. The van der Waals surface area contributed by atoms with E-state index in [-0.39, 0.29) is 5.82 Å². The molecule has 3 unspecified atom stereocenters. The molecule has 0 bridgehead atoms. The summed E-state index contributed by atoms with van der Waals surface area (Å²) in [5, 5.41) is 4.12. The van der Waals surface area contributed by atoms with Crippen molar-refractivity contribution in [3.63, 3.8) is 0 Å². The van der Waals surface area contributed by atoms with Gasteiger partial charge in [0.15, 0.2) is 0 Å². The summed E-state index contributed by atoms with van der Waals surface area (Å²) >= 11 is 5.83. The zero-order valence-electron chi connectivity index (χ0n) is 12.0. The molecule has 2 aliphatic carbocycles. The van der Waals surface area contributed by atoms with Crippen LogP contribution in [0.4, 0.5) is 4.39 Å². The standard InChI is InChI=1S/C17H23ClFN/c1-2-5-20-17(14-7-12-6-13(12)8-14)9-11-3-4-15(18)10-16(11)19/h3-4,10,12-14,17,20H,2,5-9H2,1H3. The first kappa shape index (κ1) is 14.3. The summed E-state index contributed by atoms with van der Waals surface area (Å²) < 4.78 is 14.0. The number of hydrogen-bond donors (Lipinski definition) is 1. The molecule has 20 heavy (non-hydrogen) atoms. The molecular weight excluding hydrogens is 273 g/mol. The van der Waals surface area contributed by atoms with Crippen molar-refractivity contribution in [1.29, 1.82) is 0 Å². The van der Waals surface area contributed by atoms with Gasteiger partial charge in [-0.05, 0) is 74.1 Å². The fourth-order valence-corrected chi connectivity index (χ4v) is 3.91. The summed E-state index contributed by atoms with van der Waals surface area (Å²) in [7, 11) is 0. The van der Waals surface area contributed by atoms with Gasteiger partial charge in [-0.15, -0.1) is 0 Å². The number of nitrogens with one attached hydrogen (secondary N) is 1. The van der Waals surface area contributed by atoms with E-state index in [2.05, 4.69) is 12.2 Å². The van der Waals surface area contributed by atoms with Crippen LogP contribution in [0.1, 0.15) is 38.2 Å². The predicted octanol–water partition coefficient (Wildman–Crippen LogP) is 4.44. The van der Waals surface area contributed by atoms with Gasteiger partial charge >= 0.3 is 0 Å². The van der Waals surface area contributed by atoms with Crippen LogP contribution in [0.25, 0.3) is 0 Å². The van der Waals surface area contributed by atoms with Crippen LogP contribution in [0.5, 0.6) is 0 Å². The van der Waals surface area contributed by atoms with E-state index in [0.29, 0.717) is 11.1 Å². The number of hydrogen-bond acceptors (Lipinski definition) is 1. The molecule has 2 fully saturated rings. The Hall–Kier alpha value is -0.600. The lowest BCUT2D eigenvalue weighted by atomic mass is 9.89. The molecule has 110 valence electrons. The van der Waals surface area contributed by atoms with Crippen molar-refractivity contribution >= 4 is 11.6 Å². The Labute approximate surface area is 125 Å². The summed E-state index contributed by atoms with van der Waals surface area (Å²) in [6.45, 7) is 3.20. The lowest BCUT2D eigenvalue weighted by Gasteiger charge is -2.26. The lowest BCUT2D eigenvalue weighted by Crippen LogP contribution is -2.38. The third-order valence-corrected chi connectivity index (χ3v) is 5.20. The molecule has 0 spiro atoms. The molecule has 0 heterocycles. The molecule has 1 aromatic carbocycles. The SMILES string of the molecule is CCCNC(Cc1ccc(Cl)cc1F)C1CC2CC2C1. The highest BCUT2D eigenvalue weighted by Crippen LogP contribution is 2.55. The summed E-state index contributed by atoms with van der Waals surface area (Å²) in [4.78, 5) is 0. The van der Waals surface area contributed by atoms with Crippen LogP contribution in [0.3, 0.4) is 0 Å². The Kier molecular flexibility index (Phi) is 4.32. The molecule has 0 aliphatic heterocycles. The minimum absolute atomic E-state index is 0.163. The smallest absolute Gasteiger partial charge is 0.127 e. The van der Waals surface area contributed by atoms with Crippen molar-refractivity contribution in [1.82, 2.24) is 5.32 Å². The van der Waals surface area contributed by atoms with Gasteiger partial charge in [-0.2, -0.15) is 0 Å². The molecule has 0 saturated heterocycles. The summed E-state index contributed by atoms with van der Waals surface area (Å²) in [5.41, 5.74) is 0.795. The molecule has 1 aromatic rings. The molecule has 0 radical (unpaired) electrons. The molecule has 2 saturated carbocycles. The van der Waals surface area contributed by atoms with Gasteiger partial charge in [0.1, 0.15) is 5.82 Å². The second-order valence-electron chi connectivity index (χ2n) is 6.49. The van der Waals surface area contributed by atoms with Gasteiger partial charge in [-0.25, -0.2) is 4.39 Å². The van der Waals surface area contributed by atoms with Gasteiger partial charge in [0.2, 0.25) is 0 Å². The maximum Gasteiger partial charge on any atom is 0.127 e. The van der Waals surface area contributed by atoms with Crippen LogP contribution in [-0.4, -0.2) is 12.6 Å². The van der Waals surface area contributed by atoms with E-state index < -0.39 is 0 Å². The maximum atomic E-state index is 14.0. The van der Waals surface area contributed by atoms with Crippen molar-refractivity contribution < 1.29 is 4.39 Å². The lowest BCUT2D eigenvalue weighted by molar-refractivity contribution is 0.330. The van der Waals surface area contributed by atoms with Crippen molar-refractivity contribution in [2.75, 3.05) is 6.54 Å². The average Bonchev–Trinajstić information content (AvgIpc) is 3.03. The second kappa shape index (κ2) is 6.03. The first-order valence-electron chi connectivity index (χ1n) is 7.84. The van der Waals surface area contributed by atoms with Crippen LogP contribution in [0.15, 0.2) is 18.2 Å². The fraction of sp³-hybridized carbons (Fsp3) is 0.647. The first-order chi connectivity index (χ1) is 9.67. The fourth-order valence-electron chi connectivity index (χ4n) is 3.75. The Morgan fingerprint density at radius 2 is 2.05 bits per heavy atom. The molecule has 0 aromatic heterocycles. The normalized spacial score (nSPS) is 29.2. The maximum absolute atomic E-state index is 14.0. The van der Waals surface area contributed by atoms with E-state index >= 15 is 0 Å². The molecule has 3 atom stereocenters. The van der Waals surface area contributed by atoms with Crippen molar-refractivity contribution in [3.8, 4) is 0 Å². The zero-order valence-corrected chi connectivity index (χ0v) is 12.8. The Morgan fingerprint density at radius 1 is 1.30 bits per heavy atom. The predicted molar refractivity (Wildman–Crippen MR) is 81.5 cm³/mol. The van der Waals surface area contributed by atoms with Gasteiger partial charge in [0, 0.05) is 11.1 Å². The van der Waals surface area contributed by atoms with Crippen LogP contribution >= 0.6 is 11.6 Å². The van der Waals surface area contributed by atoms with E-state index in [9.17, 15) is 4.39 Å². The molecular formula is C17H23ClFN. The Bertz CT molecular complexity index is 466. The molecule has 3 heteroatoms. The highest BCUT2D eigenvalue weighted by atomic mass is 35.5. The molecule has 1 N–H and O–H groups in total. The summed E-state index contributed by atoms with van der Waals surface area (Å²) in [6.07, 6.45) is 6.01. The van der Waals surface area contributed by atoms with Crippen LogP contribution in [0.2, 0.25) is 5.02 Å². The second-order valence-corrected chi connectivity index (χ2v) is 6.92. The topological polar surface area (TPSA) is 12.0 Å². The van der Waals surface area contributed by atoms with Gasteiger partial charge < -0.3 is 5.32 Å². The monoisotopic (exact) mass is 295 g/mol. The van der Waals surface area contributed by atoms with Gasteiger partial charge in [0.05, 0.1) is 0 Å². The van der Waals surface area contributed by atoms with Crippen LogP contribution in [-0.2, 0) is 6.42 Å². The average molecular weight is 296 g/mol. The number of halogens is 2. The minimum atomic E-state index is -0.163.